The number of amides is 1. The lowest BCUT2D eigenvalue weighted by molar-refractivity contribution is 0.0725. The Morgan fingerprint density at radius 2 is 1.96 bits per heavy atom. The van der Waals surface area contributed by atoms with E-state index in [1.54, 1.807) is 7.11 Å². The maximum absolute atomic E-state index is 13.4. The van der Waals surface area contributed by atoms with Crippen molar-refractivity contribution >= 4 is 17.3 Å². The van der Waals surface area contributed by atoms with E-state index in [0.717, 1.165) is 35.5 Å². The van der Waals surface area contributed by atoms with Gasteiger partial charge >= 0.3 is 0 Å². The predicted molar refractivity (Wildman–Crippen MR) is 98.0 cm³/mol. The van der Waals surface area contributed by atoms with Crippen LogP contribution >= 0.6 is 0 Å². The molecule has 1 heterocycles. The van der Waals surface area contributed by atoms with Crippen molar-refractivity contribution in [2.75, 3.05) is 17.3 Å². The molecule has 1 aliphatic heterocycles. The van der Waals surface area contributed by atoms with Crippen molar-refractivity contribution in [1.82, 2.24) is 0 Å². The second-order valence-corrected chi connectivity index (χ2v) is 7.09. The molecule has 4 nitrogen and oxygen atoms in total. The zero-order valence-electron chi connectivity index (χ0n) is 14.1. The molecule has 1 saturated carbocycles. The lowest BCUT2D eigenvalue weighted by Gasteiger charge is -2.60. The minimum absolute atomic E-state index is 0.0678. The van der Waals surface area contributed by atoms with Gasteiger partial charge in [-0.2, -0.15) is 0 Å². The van der Waals surface area contributed by atoms with Crippen molar-refractivity contribution in [3.8, 4) is 5.75 Å². The number of nitrogens with one attached hydrogen (secondary N) is 1. The van der Waals surface area contributed by atoms with Crippen LogP contribution in [0.3, 0.4) is 0 Å². The van der Waals surface area contributed by atoms with Crippen molar-refractivity contribution < 1.29 is 9.53 Å². The molecular weight excluding hydrogens is 312 g/mol. The molecule has 0 bridgehead atoms. The first-order valence-electron chi connectivity index (χ1n) is 8.75. The molecule has 126 valence electrons. The van der Waals surface area contributed by atoms with Gasteiger partial charge in [0, 0.05) is 17.3 Å². The van der Waals surface area contributed by atoms with Crippen LogP contribution in [0.1, 0.15) is 23.2 Å². The molecule has 0 radical (unpaired) electrons. The maximum atomic E-state index is 13.4. The van der Waals surface area contributed by atoms with Crippen LogP contribution in [0.15, 0.2) is 60.7 Å². The van der Waals surface area contributed by atoms with Gasteiger partial charge in [-0.1, -0.05) is 24.3 Å². The molecule has 25 heavy (non-hydrogen) atoms. The number of hydrogen-bond acceptors (Lipinski definition) is 3. The summed E-state index contributed by atoms with van der Waals surface area (Å²) in [4.78, 5) is 15.4. The van der Waals surface area contributed by atoms with Crippen LogP contribution in [-0.2, 0) is 0 Å². The summed E-state index contributed by atoms with van der Waals surface area (Å²) in [6, 6.07) is 15.6. The van der Waals surface area contributed by atoms with Crippen LogP contribution in [0.2, 0.25) is 0 Å². The number of para-hydroxylation sites is 1. The number of methoxy groups -OCH3 is 1. The second-order valence-electron chi connectivity index (χ2n) is 7.09. The van der Waals surface area contributed by atoms with E-state index in [-0.39, 0.29) is 11.6 Å². The number of allylic oxidation sites excluding steroid dienone is 1. The molecule has 1 fully saturated rings. The van der Waals surface area contributed by atoms with E-state index in [0.29, 0.717) is 11.8 Å². The van der Waals surface area contributed by atoms with Crippen LogP contribution in [0, 0.1) is 11.8 Å². The lowest BCUT2D eigenvalue weighted by Crippen LogP contribution is -2.71. The Morgan fingerprint density at radius 1 is 1.16 bits per heavy atom. The van der Waals surface area contributed by atoms with Gasteiger partial charge < -0.3 is 10.1 Å². The summed E-state index contributed by atoms with van der Waals surface area (Å²) in [6.45, 7) is 0. The van der Waals surface area contributed by atoms with Gasteiger partial charge in [0.05, 0.1) is 12.7 Å². The van der Waals surface area contributed by atoms with Gasteiger partial charge in [0.25, 0.3) is 5.91 Å². The van der Waals surface area contributed by atoms with E-state index in [9.17, 15) is 4.79 Å². The van der Waals surface area contributed by atoms with E-state index >= 15 is 0 Å². The Hall–Kier alpha value is -2.75. The van der Waals surface area contributed by atoms with Crippen molar-refractivity contribution in [3.63, 3.8) is 0 Å². The fourth-order valence-corrected chi connectivity index (χ4v) is 4.66. The molecule has 1 spiro atoms. The summed E-state index contributed by atoms with van der Waals surface area (Å²) in [5.74, 6) is 1.85. The minimum atomic E-state index is -0.363. The van der Waals surface area contributed by atoms with Crippen LogP contribution in [-0.4, -0.2) is 18.7 Å². The van der Waals surface area contributed by atoms with E-state index in [1.165, 1.54) is 0 Å². The minimum Gasteiger partial charge on any atom is -0.497 e. The SMILES string of the molecule is COc1ccc(N2C(=O)c3ccccc3N[C@@]23C[C@@H]2CC=C[C@@H]23)cc1. The van der Waals surface area contributed by atoms with Crippen molar-refractivity contribution in [3.05, 3.63) is 66.2 Å². The van der Waals surface area contributed by atoms with Gasteiger partial charge in [-0.15, -0.1) is 0 Å². The molecule has 3 aliphatic rings. The van der Waals surface area contributed by atoms with Crippen molar-refractivity contribution in [2.24, 2.45) is 11.8 Å². The third kappa shape index (κ3) is 1.91. The number of benzene rings is 2. The van der Waals surface area contributed by atoms with Gasteiger partial charge in [0.2, 0.25) is 0 Å². The Labute approximate surface area is 147 Å². The number of anilines is 2. The molecule has 5 rings (SSSR count). The third-order valence-corrected chi connectivity index (χ3v) is 5.86. The molecule has 0 aromatic heterocycles. The monoisotopic (exact) mass is 332 g/mol. The number of hydrogen-bond donors (Lipinski definition) is 1. The highest BCUT2D eigenvalue weighted by Crippen LogP contribution is 2.56. The Bertz CT molecular complexity index is 874. The number of rotatable bonds is 2. The molecule has 0 saturated heterocycles. The highest BCUT2D eigenvalue weighted by atomic mass is 16.5. The average Bonchev–Trinajstić information content (AvgIpc) is 3.04. The molecule has 2 aromatic rings. The molecule has 0 unspecified atom stereocenters. The van der Waals surface area contributed by atoms with Gasteiger partial charge in [0.1, 0.15) is 11.4 Å². The summed E-state index contributed by atoms with van der Waals surface area (Å²) < 4.78 is 5.27. The fourth-order valence-electron chi connectivity index (χ4n) is 4.66. The lowest BCUT2D eigenvalue weighted by atomic mass is 9.63. The Balaban J connectivity index is 1.65. The topological polar surface area (TPSA) is 41.6 Å². The normalized spacial score (nSPS) is 29.0. The van der Waals surface area contributed by atoms with E-state index in [1.807, 2.05) is 53.4 Å². The van der Waals surface area contributed by atoms with E-state index in [4.69, 9.17) is 4.74 Å². The molecule has 1 amide bonds. The van der Waals surface area contributed by atoms with Crippen molar-refractivity contribution in [1.29, 1.82) is 0 Å². The maximum Gasteiger partial charge on any atom is 0.262 e. The van der Waals surface area contributed by atoms with Gasteiger partial charge in [-0.3, -0.25) is 9.69 Å². The number of carbonyl (C=O) groups is 1. The van der Waals surface area contributed by atoms with Crippen molar-refractivity contribution in [2.45, 2.75) is 18.5 Å². The Morgan fingerprint density at radius 3 is 2.72 bits per heavy atom. The van der Waals surface area contributed by atoms with Crippen LogP contribution < -0.4 is 15.0 Å². The smallest absolute Gasteiger partial charge is 0.262 e. The van der Waals surface area contributed by atoms with Crippen LogP contribution in [0.4, 0.5) is 11.4 Å². The summed E-state index contributed by atoms with van der Waals surface area (Å²) in [6.07, 6.45) is 6.61. The summed E-state index contributed by atoms with van der Waals surface area (Å²) in [7, 11) is 1.65. The van der Waals surface area contributed by atoms with Gasteiger partial charge in [-0.25, -0.2) is 0 Å². The zero-order chi connectivity index (χ0) is 17.0. The third-order valence-electron chi connectivity index (χ3n) is 5.86. The number of fused-ring (bicyclic) bond motifs is 3. The van der Waals surface area contributed by atoms with E-state index in [2.05, 4.69) is 17.5 Å². The molecular formula is C21H20N2O2. The first-order valence-corrected chi connectivity index (χ1v) is 8.75. The predicted octanol–water partition coefficient (Wildman–Crippen LogP) is 4.06. The standard InChI is InChI=1S/C21H20N2O2/c1-25-16-11-9-15(10-12-16)23-20(24)17-6-2-3-8-19(17)22-21(23)13-14-5-4-7-18(14)21/h2-4,6-12,14,18,22H,5,13H2,1H3/t14-,18-,21-/m0/s1. The first kappa shape index (κ1) is 14.6. The average molecular weight is 332 g/mol. The fraction of sp³-hybridized carbons (Fsp3) is 0.286. The van der Waals surface area contributed by atoms with Crippen LogP contribution in [0.25, 0.3) is 0 Å². The number of ether oxygens (including phenoxy) is 1. The largest absolute Gasteiger partial charge is 0.497 e. The molecule has 3 atom stereocenters. The first-order chi connectivity index (χ1) is 12.2. The van der Waals surface area contributed by atoms with Crippen LogP contribution in [0.5, 0.6) is 5.75 Å². The quantitative estimate of drug-likeness (QED) is 0.843. The highest BCUT2D eigenvalue weighted by Gasteiger charge is 2.61. The number of nitrogens with zero attached hydrogens (tertiary/aromatic N) is 1. The molecule has 2 aliphatic carbocycles. The zero-order valence-corrected chi connectivity index (χ0v) is 14.1. The summed E-state index contributed by atoms with van der Waals surface area (Å²) in [5.41, 5.74) is 2.22. The molecule has 4 heteroatoms. The second kappa shape index (κ2) is 5.12. The summed E-state index contributed by atoms with van der Waals surface area (Å²) in [5, 5.41) is 3.71. The van der Waals surface area contributed by atoms with Gasteiger partial charge in [0.15, 0.2) is 0 Å². The highest BCUT2D eigenvalue weighted by molar-refractivity contribution is 6.13. The molecule has 2 aromatic carbocycles. The number of carbonyl (C=O) groups excluding carboxylic acids is 1. The van der Waals surface area contributed by atoms with Gasteiger partial charge in [-0.05, 0) is 55.2 Å². The Kier molecular flexibility index (Phi) is 2.99. The summed E-state index contributed by atoms with van der Waals surface area (Å²) >= 11 is 0. The van der Waals surface area contributed by atoms with E-state index < -0.39 is 0 Å². The molecule has 1 N–H and O–H groups in total.